The van der Waals surface area contributed by atoms with Crippen molar-refractivity contribution in [2.24, 2.45) is 5.73 Å². The SMILES string of the molecule is Cc1ccc(-c2nc(C(N)=O)c3[nH]c(=O)n(C[C@H]4CCCO4)c3n2)cc1C. The predicted octanol–water partition coefficient (Wildman–Crippen LogP) is 1.68. The molecule has 0 bridgehead atoms. The van der Waals surface area contributed by atoms with Crippen molar-refractivity contribution in [3.63, 3.8) is 0 Å². The van der Waals surface area contributed by atoms with Gasteiger partial charge in [0.25, 0.3) is 5.91 Å². The Labute approximate surface area is 155 Å². The number of ether oxygens (including phenoxy) is 1. The normalized spacial score (nSPS) is 16.9. The topological polar surface area (TPSA) is 116 Å². The average molecular weight is 367 g/mol. The standard InChI is InChI=1S/C19H21N5O3/c1-10-5-6-12(8-11(10)2)17-21-14(16(20)25)15-18(23-17)24(19(26)22-15)9-13-4-3-7-27-13/h5-6,8,13H,3-4,7,9H2,1-2H3,(H2,20,25)(H,22,26)/t13-/m1/s1. The van der Waals surface area contributed by atoms with E-state index >= 15 is 0 Å². The van der Waals surface area contributed by atoms with Gasteiger partial charge in [-0.1, -0.05) is 12.1 Å². The Kier molecular flexibility index (Phi) is 4.27. The molecule has 0 unspecified atom stereocenters. The van der Waals surface area contributed by atoms with Crippen LogP contribution in [0.15, 0.2) is 23.0 Å². The molecule has 4 rings (SSSR count). The van der Waals surface area contributed by atoms with Gasteiger partial charge in [-0.15, -0.1) is 0 Å². The molecule has 3 aromatic rings. The van der Waals surface area contributed by atoms with Crippen molar-refractivity contribution in [3.05, 3.63) is 45.5 Å². The number of nitrogens with two attached hydrogens (primary N) is 1. The molecule has 3 N–H and O–H groups in total. The highest BCUT2D eigenvalue weighted by Gasteiger charge is 2.23. The molecule has 0 saturated carbocycles. The first kappa shape index (κ1) is 17.4. The summed E-state index contributed by atoms with van der Waals surface area (Å²) < 4.78 is 7.15. The molecule has 0 spiro atoms. The maximum absolute atomic E-state index is 12.5. The predicted molar refractivity (Wildman–Crippen MR) is 101 cm³/mol. The number of amides is 1. The number of rotatable bonds is 4. The number of aryl methyl sites for hydroxylation is 2. The summed E-state index contributed by atoms with van der Waals surface area (Å²) in [5.41, 5.74) is 8.80. The van der Waals surface area contributed by atoms with Crippen LogP contribution in [-0.2, 0) is 11.3 Å². The molecule has 0 aliphatic carbocycles. The van der Waals surface area contributed by atoms with Crippen LogP contribution in [0, 0.1) is 13.8 Å². The highest BCUT2D eigenvalue weighted by molar-refractivity contribution is 6.01. The van der Waals surface area contributed by atoms with Crippen molar-refractivity contribution in [1.29, 1.82) is 0 Å². The van der Waals surface area contributed by atoms with Crippen LogP contribution in [0.5, 0.6) is 0 Å². The second-order valence-corrected chi connectivity index (χ2v) is 6.93. The number of nitrogens with zero attached hydrogens (tertiary/aromatic N) is 3. The number of primary amides is 1. The number of nitrogens with one attached hydrogen (secondary N) is 1. The van der Waals surface area contributed by atoms with E-state index in [4.69, 9.17) is 10.5 Å². The molecular formula is C19H21N5O3. The summed E-state index contributed by atoms with van der Waals surface area (Å²) in [4.78, 5) is 36.0. The fourth-order valence-electron chi connectivity index (χ4n) is 3.38. The van der Waals surface area contributed by atoms with Gasteiger partial charge < -0.3 is 15.5 Å². The maximum Gasteiger partial charge on any atom is 0.327 e. The van der Waals surface area contributed by atoms with Crippen LogP contribution in [0.4, 0.5) is 0 Å². The molecule has 0 radical (unpaired) electrons. The van der Waals surface area contributed by atoms with Gasteiger partial charge in [0.1, 0.15) is 5.52 Å². The number of carbonyl (C=O) groups excluding carboxylic acids is 1. The summed E-state index contributed by atoms with van der Waals surface area (Å²) >= 11 is 0. The molecule has 27 heavy (non-hydrogen) atoms. The first-order chi connectivity index (χ1) is 12.9. The Hall–Kier alpha value is -3.00. The molecule has 1 saturated heterocycles. The lowest BCUT2D eigenvalue weighted by Crippen LogP contribution is -2.24. The molecule has 140 valence electrons. The molecule has 1 aromatic carbocycles. The van der Waals surface area contributed by atoms with Crippen LogP contribution < -0.4 is 11.4 Å². The van der Waals surface area contributed by atoms with E-state index < -0.39 is 5.91 Å². The summed E-state index contributed by atoms with van der Waals surface area (Å²) in [7, 11) is 0. The number of hydrogen-bond acceptors (Lipinski definition) is 5. The van der Waals surface area contributed by atoms with Gasteiger partial charge in [-0.25, -0.2) is 14.8 Å². The van der Waals surface area contributed by atoms with Crippen molar-refractivity contribution < 1.29 is 9.53 Å². The highest BCUT2D eigenvalue weighted by atomic mass is 16.5. The Morgan fingerprint density at radius 2 is 2.15 bits per heavy atom. The van der Waals surface area contributed by atoms with E-state index in [2.05, 4.69) is 15.0 Å². The van der Waals surface area contributed by atoms with Crippen molar-refractivity contribution >= 4 is 17.1 Å². The summed E-state index contributed by atoms with van der Waals surface area (Å²) in [6.07, 6.45) is 1.81. The quantitative estimate of drug-likeness (QED) is 0.728. The smallest absolute Gasteiger partial charge is 0.327 e. The van der Waals surface area contributed by atoms with Crippen molar-refractivity contribution in [3.8, 4) is 11.4 Å². The van der Waals surface area contributed by atoms with E-state index in [1.807, 2.05) is 32.0 Å². The minimum Gasteiger partial charge on any atom is -0.376 e. The third-order valence-corrected chi connectivity index (χ3v) is 5.03. The lowest BCUT2D eigenvalue weighted by Gasteiger charge is -2.11. The van der Waals surface area contributed by atoms with Gasteiger partial charge in [-0.3, -0.25) is 9.36 Å². The van der Waals surface area contributed by atoms with Gasteiger partial charge >= 0.3 is 5.69 Å². The number of carbonyl (C=O) groups is 1. The van der Waals surface area contributed by atoms with E-state index in [0.717, 1.165) is 29.5 Å². The minimum absolute atomic E-state index is 0.0106. The molecule has 1 amide bonds. The minimum atomic E-state index is -0.710. The van der Waals surface area contributed by atoms with Gasteiger partial charge in [-0.05, 0) is 43.9 Å². The Balaban J connectivity index is 1.91. The largest absolute Gasteiger partial charge is 0.376 e. The zero-order valence-electron chi connectivity index (χ0n) is 15.3. The maximum atomic E-state index is 12.5. The van der Waals surface area contributed by atoms with E-state index in [0.29, 0.717) is 24.6 Å². The number of aromatic nitrogens is 4. The first-order valence-electron chi connectivity index (χ1n) is 8.93. The zero-order chi connectivity index (χ0) is 19.1. The number of aromatic amines is 1. The lowest BCUT2D eigenvalue weighted by atomic mass is 10.1. The van der Waals surface area contributed by atoms with Crippen molar-refractivity contribution in [2.75, 3.05) is 6.61 Å². The summed E-state index contributed by atoms with van der Waals surface area (Å²) in [5.74, 6) is -0.350. The molecule has 1 aliphatic rings. The molecule has 1 aliphatic heterocycles. The Bertz CT molecular complexity index is 1090. The van der Waals surface area contributed by atoms with Crippen LogP contribution in [0.25, 0.3) is 22.6 Å². The third-order valence-electron chi connectivity index (χ3n) is 5.03. The van der Waals surface area contributed by atoms with Gasteiger partial charge in [-0.2, -0.15) is 0 Å². The molecular weight excluding hydrogens is 346 g/mol. The Morgan fingerprint density at radius 3 is 2.81 bits per heavy atom. The molecule has 3 heterocycles. The lowest BCUT2D eigenvalue weighted by molar-refractivity contribution is 0.0970. The van der Waals surface area contributed by atoms with Gasteiger partial charge in [0.05, 0.1) is 12.6 Å². The van der Waals surface area contributed by atoms with E-state index in [9.17, 15) is 9.59 Å². The molecule has 1 atom stereocenters. The van der Waals surface area contributed by atoms with Crippen LogP contribution in [0.3, 0.4) is 0 Å². The van der Waals surface area contributed by atoms with Crippen LogP contribution >= 0.6 is 0 Å². The fourth-order valence-corrected chi connectivity index (χ4v) is 3.38. The van der Waals surface area contributed by atoms with Gasteiger partial charge in [0, 0.05) is 12.2 Å². The second-order valence-electron chi connectivity index (χ2n) is 6.93. The Morgan fingerprint density at radius 1 is 1.33 bits per heavy atom. The molecule has 2 aromatic heterocycles. The molecule has 8 heteroatoms. The zero-order valence-corrected chi connectivity index (χ0v) is 15.3. The number of benzene rings is 1. The summed E-state index contributed by atoms with van der Waals surface area (Å²) in [6.45, 7) is 5.08. The van der Waals surface area contributed by atoms with E-state index in [-0.39, 0.29) is 23.0 Å². The van der Waals surface area contributed by atoms with Crippen LogP contribution in [0.2, 0.25) is 0 Å². The highest BCUT2D eigenvalue weighted by Crippen LogP contribution is 2.23. The number of imidazole rings is 1. The van der Waals surface area contributed by atoms with Gasteiger partial charge in [0.2, 0.25) is 0 Å². The fraction of sp³-hybridized carbons (Fsp3) is 0.368. The third kappa shape index (κ3) is 3.12. The van der Waals surface area contributed by atoms with E-state index in [1.165, 1.54) is 4.57 Å². The average Bonchev–Trinajstić information content (AvgIpc) is 3.25. The molecule has 1 fully saturated rings. The van der Waals surface area contributed by atoms with E-state index in [1.54, 1.807) is 0 Å². The van der Waals surface area contributed by atoms with Crippen molar-refractivity contribution in [1.82, 2.24) is 19.5 Å². The second kappa shape index (κ2) is 6.62. The van der Waals surface area contributed by atoms with Crippen LogP contribution in [-0.4, -0.2) is 38.1 Å². The number of hydrogen-bond donors (Lipinski definition) is 2. The molecule has 8 nitrogen and oxygen atoms in total. The monoisotopic (exact) mass is 367 g/mol. The summed E-state index contributed by atoms with van der Waals surface area (Å²) in [6, 6.07) is 5.82. The first-order valence-corrected chi connectivity index (χ1v) is 8.93. The number of fused-ring (bicyclic) bond motifs is 1. The van der Waals surface area contributed by atoms with Gasteiger partial charge in [0.15, 0.2) is 17.2 Å². The van der Waals surface area contributed by atoms with Crippen LogP contribution in [0.1, 0.15) is 34.5 Å². The van der Waals surface area contributed by atoms with Crippen molar-refractivity contribution in [2.45, 2.75) is 39.3 Å². The summed E-state index contributed by atoms with van der Waals surface area (Å²) in [5, 5.41) is 0. The number of H-pyrrole nitrogens is 1.